The van der Waals surface area contributed by atoms with Crippen LogP contribution in [0.2, 0.25) is 0 Å². The Bertz CT molecular complexity index is 1350. The number of carbonyl (C=O) groups excluding carboxylic acids is 1. The van der Waals surface area contributed by atoms with Crippen LogP contribution < -0.4 is 16.4 Å². The molecule has 0 saturated carbocycles. The molecule has 0 spiro atoms. The third-order valence-corrected chi connectivity index (χ3v) is 6.24. The average Bonchev–Trinajstić information content (AvgIpc) is 3.21. The number of nitrogens with two attached hydrogens (primary N) is 1. The second kappa shape index (κ2) is 9.14. The predicted molar refractivity (Wildman–Crippen MR) is 131 cm³/mol. The lowest BCUT2D eigenvalue weighted by molar-refractivity contribution is 0.262. The van der Waals surface area contributed by atoms with Crippen LogP contribution in [0.5, 0.6) is 0 Å². The van der Waals surface area contributed by atoms with Crippen LogP contribution in [0.15, 0.2) is 54.7 Å². The molecular formula is C24H22F2N6OS. The molecule has 2 aromatic heterocycles. The summed E-state index contributed by atoms with van der Waals surface area (Å²) in [5.41, 5.74) is 7.76. The molecule has 0 unspecified atom stereocenters. The zero-order valence-corrected chi connectivity index (χ0v) is 19.5. The minimum absolute atomic E-state index is 0.104. The van der Waals surface area contributed by atoms with Gasteiger partial charge in [-0.3, -0.25) is 0 Å². The minimum atomic E-state index is -0.591. The average molecular weight is 481 g/mol. The second-order valence-corrected chi connectivity index (χ2v) is 9.56. The van der Waals surface area contributed by atoms with Gasteiger partial charge in [-0.05, 0) is 54.1 Å². The van der Waals surface area contributed by atoms with Crippen molar-refractivity contribution in [2.45, 2.75) is 26.2 Å². The topological polar surface area (TPSA) is 106 Å². The molecule has 2 amide bonds. The first-order valence-electron chi connectivity index (χ1n) is 10.3. The van der Waals surface area contributed by atoms with E-state index in [1.165, 1.54) is 53.9 Å². The van der Waals surface area contributed by atoms with E-state index < -0.39 is 17.7 Å². The standard InChI is InChI=1S/C24H22F2N6OS/c1-24(2,3)21-32-19(18-8-9-28-22(27)31-18)20(34-21)13-10-15(26)12-17(11-13)30-23(33)29-16-6-4-14(25)5-7-16/h4-12H,1-3H3,(H2,27,28,31)(H2,29,30,33). The van der Waals surface area contributed by atoms with Gasteiger partial charge in [-0.1, -0.05) is 20.8 Å². The monoisotopic (exact) mass is 480 g/mol. The zero-order chi connectivity index (χ0) is 24.5. The van der Waals surface area contributed by atoms with E-state index in [4.69, 9.17) is 10.7 Å². The van der Waals surface area contributed by atoms with E-state index in [1.807, 2.05) is 20.8 Å². The first-order chi connectivity index (χ1) is 16.1. The summed E-state index contributed by atoms with van der Waals surface area (Å²) in [5, 5.41) is 6.04. The fraction of sp³-hybridized carbons (Fsp3) is 0.167. The maximum absolute atomic E-state index is 14.6. The van der Waals surface area contributed by atoms with E-state index in [2.05, 4.69) is 20.6 Å². The highest BCUT2D eigenvalue weighted by Gasteiger charge is 2.24. The molecule has 0 fully saturated rings. The molecule has 10 heteroatoms. The molecule has 174 valence electrons. The van der Waals surface area contributed by atoms with E-state index in [-0.39, 0.29) is 17.1 Å². The number of anilines is 3. The molecular weight excluding hydrogens is 458 g/mol. The van der Waals surface area contributed by atoms with Crippen molar-refractivity contribution in [3.05, 3.63) is 71.4 Å². The molecule has 0 radical (unpaired) electrons. The van der Waals surface area contributed by atoms with E-state index in [0.717, 1.165) is 5.01 Å². The first kappa shape index (κ1) is 23.2. The lowest BCUT2D eigenvalue weighted by Crippen LogP contribution is -2.19. The van der Waals surface area contributed by atoms with Crippen molar-refractivity contribution in [3.63, 3.8) is 0 Å². The summed E-state index contributed by atoms with van der Waals surface area (Å²) in [5.74, 6) is -0.845. The van der Waals surface area contributed by atoms with E-state index in [1.54, 1.807) is 12.1 Å². The van der Waals surface area contributed by atoms with Gasteiger partial charge < -0.3 is 16.4 Å². The minimum Gasteiger partial charge on any atom is -0.368 e. The molecule has 0 bridgehead atoms. The Morgan fingerprint density at radius 1 is 0.941 bits per heavy atom. The highest BCUT2D eigenvalue weighted by atomic mass is 32.1. The molecule has 34 heavy (non-hydrogen) atoms. The molecule has 2 heterocycles. The van der Waals surface area contributed by atoms with Crippen LogP contribution in [-0.2, 0) is 5.41 Å². The van der Waals surface area contributed by atoms with Crippen LogP contribution >= 0.6 is 11.3 Å². The summed E-state index contributed by atoms with van der Waals surface area (Å²) in [6, 6.07) is 10.7. The number of carbonyl (C=O) groups is 1. The molecule has 4 aromatic rings. The molecule has 4 rings (SSSR count). The summed E-state index contributed by atoms with van der Waals surface area (Å²) in [4.78, 5) is 26.1. The van der Waals surface area contributed by atoms with Crippen LogP contribution in [0.4, 0.5) is 30.9 Å². The van der Waals surface area contributed by atoms with E-state index in [0.29, 0.717) is 27.5 Å². The number of nitrogen functional groups attached to an aromatic ring is 1. The number of benzene rings is 2. The van der Waals surface area contributed by atoms with Crippen LogP contribution in [0.3, 0.4) is 0 Å². The number of amides is 2. The number of hydrogen-bond donors (Lipinski definition) is 3. The SMILES string of the molecule is CC(C)(C)c1nc(-c2ccnc(N)n2)c(-c2cc(F)cc(NC(=O)Nc3ccc(F)cc3)c2)s1. The Morgan fingerprint density at radius 3 is 2.32 bits per heavy atom. The largest absolute Gasteiger partial charge is 0.368 e. The summed E-state index contributed by atoms with van der Waals surface area (Å²) < 4.78 is 27.7. The summed E-state index contributed by atoms with van der Waals surface area (Å²) in [7, 11) is 0. The van der Waals surface area contributed by atoms with Gasteiger partial charge in [-0.15, -0.1) is 11.3 Å². The molecule has 0 saturated heterocycles. The van der Waals surface area contributed by atoms with Crippen molar-refractivity contribution in [1.29, 1.82) is 0 Å². The number of rotatable bonds is 4. The predicted octanol–water partition coefficient (Wildman–Crippen LogP) is 6.07. The molecule has 0 aliphatic rings. The fourth-order valence-electron chi connectivity index (χ4n) is 3.14. The Hall–Kier alpha value is -3.92. The van der Waals surface area contributed by atoms with Crippen molar-refractivity contribution < 1.29 is 13.6 Å². The van der Waals surface area contributed by atoms with Gasteiger partial charge in [0.2, 0.25) is 5.95 Å². The summed E-state index contributed by atoms with van der Waals surface area (Å²) in [6.45, 7) is 6.10. The van der Waals surface area contributed by atoms with Crippen LogP contribution in [-0.4, -0.2) is 21.0 Å². The number of nitrogens with one attached hydrogen (secondary N) is 2. The van der Waals surface area contributed by atoms with E-state index >= 15 is 0 Å². The number of nitrogens with zero attached hydrogens (tertiary/aromatic N) is 3. The molecule has 0 atom stereocenters. The van der Waals surface area contributed by atoms with Crippen molar-refractivity contribution >= 4 is 34.7 Å². The third kappa shape index (κ3) is 5.34. The van der Waals surface area contributed by atoms with Gasteiger partial charge in [-0.2, -0.15) is 0 Å². The Morgan fingerprint density at radius 2 is 1.65 bits per heavy atom. The van der Waals surface area contributed by atoms with Gasteiger partial charge >= 0.3 is 6.03 Å². The highest BCUT2D eigenvalue weighted by Crippen LogP contribution is 2.41. The van der Waals surface area contributed by atoms with Gasteiger partial charge in [0.05, 0.1) is 15.6 Å². The van der Waals surface area contributed by atoms with Gasteiger partial charge in [0, 0.05) is 23.0 Å². The van der Waals surface area contributed by atoms with Gasteiger partial charge in [0.15, 0.2) is 0 Å². The molecule has 4 N–H and O–H groups in total. The third-order valence-electron chi connectivity index (χ3n) is 4.71. The molecule has 0 aliphatic carbocycles. The van der Waals surface area contributed by atoms with Gasteiger partial charge in [-0.25, -0.2) is 28.5 Å². The van der Waals surface area contributed by atoms with Crippen molar-refractivity contribution in [2.75, 3.05) is 16.4 Å². The molecule has 7 nitrogen and oxygen atoms in total. The van der Waals surface area contributed by atoms with E-state index in [9.17, 15) is 13.6 Å². The molecule has 2 aromatic carbocycles. The number of hydrogen-bond acceptors (Lipinski definition) is 6. The van der Waals surface area contributed by atoms with Gasteiger partial charge in [0.1, 0.15) is 17.3 Å². The quantitative estimate of drug-likeness (QED) is 0.329. The van der Waals surface area contributed by atoms with Crippen molar-refractivity contribution in [1.82, 2.24) is 15.0 Å². The fourth-order valence-corrected chi connectivity index (χ4v) is 4.25. The van der Waals surface area contributed by atoms with Crippen LogP contribution in [0.1, 0.15) is 25.8 Å². The highest BCUT2D eigenvalue weighted by molar-refractivity contribution is 7.15. The second-order valence-electron chi connectivity index (χ2n) is 8.56. The van der Waals surface area contributed by atoms with Crippen LogP contribution in [0.25, 0.3) is 21.8 Å². The van der Waals surface area contributed by atoms with Crippen molar-refractivity contribution in [2.24, 2.45) is 0 Å². The zero-order valence-electron chi connectivity index (χ0n) is 18.7. The number of thiazole rings is 1. The summed E-state index contributed by atoms with van der Waals surface area (Å²) in [6.07, 6.45) is 1.54. The Balaban J connectivity index is 1.70. The van der Waals surface area contributed by atoms with Gasteiger partial charge in [0.25, 0.3) is 0 Å². The Kier molecular flexibility index (Phi) is 6.25. The number of aromatic nitrogens is 3. The maximum Gasteiger partial charge on any atom is 0.323 e. The lowest BCUT2D eigenvalue weighted by atomic mass is 9.98. The lowest BCUT2D eigenvalue weighted by Gasteiger charge is -2.13. The molecule has 0 aliphatic heterocycles. The van der Waals surface area contributed by atoms with Crippen LogP contribution in [0, 0.1) is 11.6 Å². The maximum atomic E-state index is 14.6. The normalized spacial score (nSPS) is 11.3. The number of halogens is 2. The smallest absolute Gasteiger partial charge is 0.323 e. The number of urea groups is 1. The first-order valence-corrected chi connectivity index (χ1v) is 11.1. The summed E-state index contributed by atoms with van der Waals surface area (Å²) >= 11 is 1.42. The van der Waals surface area contributed by atoms with Crippen molar-refractivity contribution in [3.8, 4) is 21.8 Å². The Labute approximate surface area is 199 Å².